The molecule has 0 amide bonds. The van der Waals surface area contributed by atoms with Gasteiger partial charge >= 0.3 is 0 Å². The molecule has 2 aromatic rings. The van der Waals surface area contributed by atoms with Gasteiger partial charge in [0.15, 0.2) is 5.75 Å². The lowest BCUT2D eigenvalue weighted by Gasteiger charge is -2.15. The molecule has 1 atom stereocenters. The molecule has 1 aromatic carbocycles. The third-order valence-electron chi connectivity index (χ3n) is 3.00. The molecule has 1 heterocycles. The van der Waals surface area contributed by atoms with Gasteiger partial charge in [0.05, 0.1) is 19.3 Å². The Hall–Kier alpha value is -1.52. The van der Waals surface area contributed by atoms with Crippen molar-refractivity contribution in [2.24, 2.45) is 12.8 Å². The average Bonchev–Trinajstić information content (AvgIpc) is 2.73. The second-order valence-electron chi connectivity index (χ2n) is 4.21. The van der Waals surface area contributed by atoms with Crippen LogP contribution in [0.15, 0.2) is 24.4 Å². The fourth-order valence-corrected chi connectivity index (χ4v) is 2.08. The van der Waals surface area contributed by atoms with E-state index in [2.05, 4.69) is 5.10 Å². The Bertz CT molecular complexity index is 565. The maximum atomic E-state index is 6.27. The van der Waals surface area contributed by atoms with Crippen LogP contribution in [0, 0.1) is 6.92 Å². The minimum atomic E-state index is -0.289. The molecule has 0 aliphatic carbocycles. The smallest absolute Gasteiger partial charge is 0.161 e. The molecule has 1 aromatic heterocycles. The van der Waals surface area contributed by atoms with Crippen LogP contribution < -0.4 is 10.5 Å². The van der Waals surface area contributed by atoms with Gasteiger partial charge in [0.2, 0.25) is 0 Å². The van der Waals surface area contributed by atoms with Crippen molar-refractivity contribution < 1.29 is 4.74 Å². The molecule has 2 rings (SSSR count). The maximum absolute atomic E-state index is 6.27. The predicted molar refractivity (Wildman–Crippen MR) is 72.0 cm³/mol. The van der Waals surface area contributed by atoms with Crippen molar-refractivity contribution in [2.45, 2.75) is 13.0 Å². The number of halogens is 1. The first-order chi connectivity index (χ1) is 8.54. The van der Waals surface area contributed by atoms with Crippen LogP contribution in [0.3, 0.4) is 0 Å². The van der Waals surface area contributed by atoms with Crippen molar-refractivity contribution in [3.05, 3.63) is 46.2 Å². The highest BCUT2D eigenvalue weighted by Crippen LogP contribution is 2.29. The topological polar surface area (TPSA) is 53.1 Å². The summed E-state index contributed by atoms with van der Waals surface area (Å²) in [5.74, 6) is 0.692. The van der Waals surface area contributed by atoms with Crippen molar-refractivity contribution in [1.82, 2.24) is 9.78 Å². The lowest BCUT2D eigenvalue weighted by atomic mass is 10.0. The van der Waals surface area contributed by atoms with Gasteiger partial charge in [-0.05, 0) is 24.1 Å². The highest BCUT2D eigenvalue weighted by molar-refractivity contribution is 6.31. The highest BCUT2D eigenvalue weighted by atomic mass is 35.5. The summed E-state index contributed by atoms with van der Waals surface area (Å²) in [5.41, 5.74) is 9.11. The van der Waals surface area contributed by atoms with Crippen LogP contribution in [0.25, 0.3) is 0 Å². The quantitative estimate of drug-likeness (QED) is 0.927. The van der Waals surface area contributed by atoms with Crippen LogP contribution in [0.5, 0.6) is 5.75 Å². The Morgan fingerprint density at radius 2 is 2.17 bits per heavy atom. The van der Waals surface area contributed by atoms with Gasteiger partial charge in [0, 0.05) is 12.1 Å². The molecule has 5 heteroatoms. The number of nitrogens with two attached hydrogens (primary N) is 1. The Morgan fingerprint density at radius 1 is 1.44 bits per heavy atom. The van der Waals surface area contributed by atoms with E-state index in [-0.39, 0.29) is 6.04 Å². The standard InChI is InChI=1S/C13H16ClN3O/c1-8-6-9(4-5-10(8)14)12(15)13-11(18-3)7-16-17(13)2/h4-7,12H,15H2,1-3H3. The Morgan fingerprint density at radius 3 is 2.78 bits per heavy atom. The monoisotopic (exact) mass is 265 g/mol. The SMILES string of the molecule is COc1cnn(C)c1C(N)c1ccc(Cl)c(C)c1. The molecule has 0 aliphatic heterocycles. The summed E-state index contributed by atoms with van der Waals surface area (Å²) in [5, 5.41) is 4.90. The minimum Gasteiger partial charge on any atom is -0.493 e. The minimum absolute atomic E-state index is 0.289. The first-order valence-electron chi connectivity index (χ1n) is 5.62. The number of ether oxygens (including phenoxy) is 1. The molecule has 1 unspecified atom stereocenters. The third kappa shape index (κ3) is 2.21. The summed E-state index contributed by atoms with van der Waals surface area (Å²) in [6, 6.07) is 5.48. The predicted octanol–water partition coefficient (Wildman–Crippen LogP) is 2.44. The van der Waals surface area contributed by atoms with Crippen LogP contribution in [0.2, 0.25) is 5.02 Å². The zero-order valence-corrected chi connectivity index (χ0v) is 11.4. The van der Waals surface area contributed by atoms with Gasteiger partial charge in [-0.3, -0.25) is 4.68 Å². The molecule has 0 aliphatic rings. The van der Waals surface area contributed by atoms with Gasteiger partial charge in [0.1, 0.15) is 5.69 Å². The molecule has 96 valence electrons. The first-order valence-corrected chi connectivity index (χ1v) is 6.00. The number of hydrogen-bond acceptors (Lipinski definition) is 3. The van der Waals surface area contributed by atoms with E-state index in [0.29, 0.717) is 5.75 Å². The van der Waals surface area contributed by atoms with Gasteiger partial charge in [-0.25, -0.2) is 0 Å². The number of aryl methyl sites for hydroxylation is 2. The molecule has 0 spiro atoms. The molecule has 4 nitrogen and oxygen atoms in total. The number of aromatic nitrogens is 2. The number of methoxy groups -OCH3 is 1. The van der Waals surface area contributed by atoms with Gasteiger partial charge in [0.25, 0.3) is 0 Å². The van der Waals surface area contributed by atoms with Crippen molar-refractivity contribution in [3.63, 3.8) is 0 Å². The third-order valence-corrected chi connectivity index (χ3v) is 3.43. The number of nitrogens with zero attached hydrogens (tertiary/aromatic N) is 2. The Kier molecular flexibility index (Phi) is 3.59. The van der Waals surface area contributed by atoms with Crippen LogP contribution in [0.1, 0.15) is 22.9 Å². The van der Waals surface area contributed by atoms with E-state index in [1.807, 2.05) is 32.2 Å². The van der Waals surface area contributed by atoms with Crippen molar-refractivity contribution >= 4 is 11.6 Å². The van der Waals surface area contributed by atoms with Crippen molar-refractivity contribution in [3.8, 4) is 5.75 Å². The lowest BCUT2D eigenvalue weighted by molar-refractivity contribution is 0.406. The van der Waals surface area contributed by atoms with Crippen LogP contribution in [-0.4, -0.2) is 16.9 Å². The van der Waals surface area contributed by atoms with E-state index in [0.717, 1.165) is 21.8 Å². The average molecular weight is 266 g/mol. The summed E-state index contributed by atoms with van der Waals surface area (Å²) in [4.78, 5) is 0. The molecule has 0 saturated heterocycles. The lowest BCUT2D eigenvalue weighted by Crippen LogP contribution is -2.17. The Labute approximate surface area is 111 Å². The molecule has 18 heavy (non-hydrogen) atoms. The molecule has 0 bridgehead atoms. The number of hydrogen-bond donors (Lipinski definition) is 1. The van der Waals surface area contributed by atoms with E-state index >= 15 is 0 Å². The van der Waals surface area contributed by atoms with Crippen LogP contribution in [-0.2, 0) is 7.05 Å². The molecular formula is C13H16ClN3O. The summed E-state index contributed by atoms with van der Waals surface area (Å²) < 4.78 is 7.00. The zero-order chi connectivity index (χ0) is 13.3. The summed E-state index contributed by atoms with van der Waals surface area (Å²) in [6.07, 6.45) is 1.66. The van der Waals surface area contributed by atoms with Gasteiger partial charge < -0.3 is 10.5 Å². The molecule has 0 saturated carbocycles. The zero-order valence-electron chi connectivity index (χ0n) is 10.6. The van der Waals surface area contributed by atoms with Crippen LogP contribution in [0.4, 0.5) is 0 Å². The van der Waals surface area contributed by atoms with E-state index in [1.165, 1.54) is 0 Å². The van der Waals surface area contributed by atoms with Crippen LogP contribution >= 0.6 is 11.6 Å². The Balaban J connectivity index is 2.44. The highest BCUT2D eigenvalue weighted by Gasteiger charge is 2.19. The number of benzene rings is 1. The fraction of sp³-hybridized carbons (Fsp3) is 0.308. The second kappa shape index (κ2) is 5.00. The summed E-state index contributed by atoms with van der Waals surface area (Å²) >= 11 is 6.02. The van der Waals surface area contributed by atoms with E-state index < -0.39 is 0 Å². The van der Waals surface area contributed by atoms with E-state index in [4.69, 9.17) is 22.1 Å². The fourth-order valence-electron chi connectivity index (χ4n) is 1.96. The first kappa shape index (κ1) is 12.9. The van der Waals surface area contributed by atoms with Crippen molar-refractivity contribution in [1.29, 1.82) is 0 Å². The normalized spacial score (nSPS) is 12.5. The van der Waals surface area contributed by atoms with E-state index in [1.54, 1.807) is 18.0 Å². The number of rotatable bonds is 3. The molecule has 0 radical (unpaired) electrons. The van der Waals surface area contributed by atoms with Gasteiger partial charge in [-0.15, -0.1) is 0 Å². The summed E-state index contributed by atoms with van der Waals surface area (Å²) in [6.45, 7) is 1.96. The molecular weight excluding hydrogens is 250 g/mol. The van der Waals surface area contributed by atoms with Gasteiger partial charge in [-0.2, -0.15) is 5.10 Å². The molecule has 2 N–H and O–H groups in total. The largest absolute Gasteiger partial charge is 0.493 e. The maximum Gasteiger partial charge on any atom is 0.161 e. The van der Waals surface area contributed by atoms with E-state index in [9.17, 15) is 0 Å². The summed E-state index contributed by atoms with van der Waals surface area (Å²) in [7, 11) is 3.46. The second-order valence-corrected chi connectivity index (χ2v) is 4.62. The molecule has 0 fully saturated rings. The van der Waals surface area contributed by atoms with Crippen molar-refractivity contribution in [2.75, 3.05) is 7.11 Å². The van der Waals surface area contributed by atoms with Gasteiger partial charge in [-0.1, -0.05) is 23.7 Å².